The van der Waals surface area contributed by atoms with E-state index >= 15 is 0 Å². The van der Waals surface area contributed by atoms with Crippen LogP contribution in [0.4, 0.5) is 0 Å². The van der Waals surface area contributed by atoms with Gasteiger partial charge in [0.15, 0.2) is 18.7 Å². The van der Waals surface area contributed by atoms with Crippen LogP contribution in [0.1, 0.15) is 87.0 Å². The summed E-state index contributed by atoms with van der Waals surface area (Å²) in [6, 6.07) is -0.713. The molecule has 0 saturated carbocycles. The molecule has 0 aromatic heterocycles. The summed E-state index contributed by atoms with van der Waals surface area (Å²) in [7, 11) is 6.49. The van der Waals surface area contributed by atoms with E-state index in [-0.39, 0.29) is 43.5 Å². The van der Waals surface area contributed by atoms with Crippen molar-refractivity contribution in [3.8, 4) is 0 Å². The molecule has 56 heavy (non-hydrogen) atoms. The maximum atomic E-state index is 12.9. The number of carbonyl (C=O) groups excluding carboxylic acids is 3. The van der Waals surface area contributed by atoms with Crippen molar-refractivity contribution in [2.24, 2.45) is 17.8 Å². The molecule has 0 spiro atoms. The molecule has 0 aromatic rings. The second kappa shape index (κ2) is 22.2. The molecule has 0 aromatic carbocycles. The number of esters is 2. The van der Waals surface area contributed by atoms with Crippen molar-refractivity contribution < 1.29 is 67.6 Å². The molecule has 0 radical (unpaired) electrons. The van der Waals surface area contributed by atoms with Crippen molar-refractivity contribution in [3.05, 3.63) is 24.3 Å². The lowest BCUT2D eigenvalue weighted by Crippen LogP contribution is -2.66. The Bertz CT molecular complexity index is 1290. The quantitative estimate of drug-likeness (QED) is 0.193. The predicted molar refractivity (Wildman–Crippen MR) is 205 cm³/mol. The zero-order chi connectivity index (χ0) is 41.9. The lowest BCUT2D eigenvalue weighted by molar-refractivity contribution is -0.345. The Morgan fingerprint density at radius 2 is 1.71 bits per heavy atom. The Morgan fingerprint density at radius 1 is 1.02 bits per heavy atom. The first-order valence-electron chi connectivity index (χ1n) is 19.9. The summed E-state index contributed by atoms with van der Waals surface area (Å²) < 4.78 is 48.9. The molecule has 16 atom stereocenters. The third-order valence-electron chi connectivity index (χ3n) is 11.1. The molecule has 3 rings (SSSR count). The molecule has 3 aliphatic rings. The fourth-order valence-corrected chi connectivity index (χ4v) is 7.96. The SMILES string of the molecule is COC1[C@@H](O[C@@H]2O[C@H](C)[C@@H](O[C@H]3C[C@@](C)(OC)[C@@H](OC(=O)CC(C)C)[C@H](C)O3)[C@H](N(C)C)[C@H]2O)C(CC=O)C[C@@H](C)[C@@H](O)/C=C/C=C/C[C@@H](C)OC(=O)C[C@H]1O. The van der Waals surface area contributed by atoms with Crippen molar-refractivity contribution in [2.45, 2.75) is 172 Å². The average Bonchev–Trinajstić information content (AvgIpc) is 3.10. The molecule has 0 bridgehead atoms. The van der Waals surface area contributed by atoms with Crippen molar-refractivity contribution in [3.63, 3.8) is 0 Å². The summed E-state index contributed by atoms with van der Waals surface area (Å²) >= 11 is 0. The Labute approximate surface area is 332 Å². The molecule has 2 saturated heterocycles. The molecule has 322 valence electrons. The van der Waals surface area contributed by atoms with E-state index < -0.39 is 104 Å². The molecular formula is C41H69NO14. The van der Waals surface area contributed by atoms with Crippen LogP contribution in [-0.2, 0) is 52.3 Å². The minimum atomic E-state index is -1.42. The van der Waals surface area contributed by atoms with E-state index in [4.69, 9.17) is 37.9 Å². The number of rotatable bonds is 12. The van der Waals surface area contributed by atoms with Gasteiger partial charge in [-0.2, -0.15) is 0 Å². The Balaban J connectivity index is 1.92. The molecule has 0 amide bonds. The van der Waals surface area contributed by atoms with Gasteiger partial charge >= 0.3 is 11.9 Å². The third kappa shape index (κ3) is 13.1. The van der Waals surface area contributed by atoms with Crippen LogP contribution in [0, 0.1) is 17.8 Å². The standard InChI is InChI=1S/C41H69NO14/c1-23(2)19-31(46)54-39-27(6)52-33(22-41(39,7)50-11)55-36-26(5)53-40(35(48)34(36)42(8)9)56-37-28(17-18-43)20-24(3)29(44)16-14-12-13-15-25(4)51-32(47)21-30(45)38(37)49-10/h12-14,16,18,23-30,33-40,44-45,48H,15,17,19-22H2,1-11H3/b13-12+,16-14+/t24-,25-,26-,27+,28?,29+,30-,33+,34-,35-,36-,37+,38?,39+,40+,41-/m1/s1. The van der Waals surface area contributed by atoms with Crippen molar-refractivity contribution in [1.29, 1.82) is 0 Å². The number of aliphatic hydroxyl groups is 3. The van der Waals surface area contributed by atoms with Crippen LogP contribution in [0.2, 0.25) is 0 Å². The summed E-state index contributed by atoms with van der Waals surface area (Å²) in [4.78, 5) is 39.5. The largest absolute Gasteiger partial charge is 0.462 e. The van der Waals surface area contributed by atoms with Gasteiger partial charge in [-0.3, -0.25) is 9.59 Å². The summed E-state index contributed by atoms with van der Waals surface area (Å²) in [6.07, 6.45) is -2.83. The number of hydrogen-bond donors (Lipinski definition) is 3. The molecule has 3 N–H and O–H groups in total. The Kier molecular flexibility index (Phi) is 19.0. The van der Waals surface area contributed by atoms with E-state index in [0.29, 0.717) is 6.42 Å². The van der Waals surface area contributed by atoms with Gasteiger partial charge in [0.1, 0.15) is 36.3 Å². The van der Waals surface area contributed by atoms with Crippen molar-refractivity contribution >= 4 is 18.2 Å². The van der Waals surface area contributed by atoms with E-state index in [2.05, 4.69) is 0 Å². The van der Waals surface area contributed by atoms with Crippen LogP contribution in [0.25, 0.3) is 0 Å². The highest BCUT2D eigenvalue weighted by Crippen LogP contribution is 2.38. The van der Waals surface area contributed by atoms with Gasteiger partial charge in [-0.1, -0.05) is 45.1 Å². The lowest BCUT2D eigenvalue weighted by Gasteiger charge is -2.51. The van der Waals surface area contributed by atoms with Gasteiger partial charge in [0.05, 0.1) is 43.0 Å². The Morgan fingerprint density at radius 3 is 2.32 bits per heavy atom. The number of hydrogen-bond acceptors (Lipinski definition) is 15. The number of methoxy groups -OCH3 is 2. The molecule has 2 fully saturated rings. The molecular weight excluding hydrogens is 730 g/mol. The van der Waals surface area contributed by atoms with E-state index in [9.17, 15) is 29.7 Å². The minimum absolute atomic E-state index is 0.0378. The number of cyclic esters (lactones) is 1. The van der Waals surface area contributed by atoms with Crippen LogP contribution in [-0.4, -0.2) is 152 Å². The summed E-state index contributed by atoms with van der Waals surface area (Å²) in [6.45, 7) is 12.9. The predicted octanol–water partition coefficient (Wildman–Crippen LogP) is 3.10. The monoisotopic (exact) mass is 799 g/mol. The van der Waals surface area contributed by atoms with Gasteiger partial charge in [0.2, 0.25) is 0 Å². The zero-order valence-electron chi connectivity index (χ0n) is 35.1. The van der Waals surface area contributed by atoms with Crippen LogP contribution in [0.3, 0.4) is 0 Å². The number of aliphatic hydroxyl groups excluding tert-OH is 3. The highest BCUT2D eigenvalue weighted by Gasteiger charge is 2.53. The maximum Gasteiger partial charge on any atom is 0.308 e. The summed E-state index contributed by atoms with van der Waals surface area (Å²) in [5.41, 5.74) is -0.943. The number of ether oxygens (including phenoxy) is 8. The second-order valence-corrected chi connectivity index (χ2v) is 16.5. The highest BCUT2D eigenvalue weighted by molar-refractivity contribution is 5.70. The molecule has 15 nitrogen and oxygen atoms in total. The molecule has 0 aliphatic carbocycles. The minimum Gasteiger partial charge on any atom is -0.462 e. The van der Waals surface area contributed by atoms with E-state index in [0.717, 1.165) is 6.29 Å². The first-order chi connectivity index (χ1) is 26.3. The lowest BCUT2D eigenvalue weighted by atomic mass is 9.82. The topological polar surface area (TPSA) is 189 Å². The number of aldehydes is 1. The van der Waals surface area contributed by atoms with Gasteiger partial charge < -0.3 is 62.9 Å². The summed E-state index contributed by atoms with van der Waals surface area (Å²) in [5.74, 6) is -1.87. The average molecular weight is 800 g/mol. The van der Waals surface area contributed by atoms with Gasteiger partial charge in [-0.15, -0.1) is 0 Å². The van der Waals surface area contributed by atoms with Crippen molar-refractivity contribution in [2.75, 3.05) is 28.3 Å². The smallest absolute Gasteiger partial charge is 0.308 e. The second-order valence-electron chi connectivity index (χ2n) is 16.5. The van der Waals surface area contributed by atoms with Crippen molar-refractivity contribution in [1.82, 2.24) is 4.90 Å². The van der Waals surface area contributed by atoms with Gasteiger partial charge in [0.25, 0.3) is 0 Å². The Hall–Kier alpha value is -2.31. The highest BCUT2D eigenvalue weighted by atomic mass is 16.7. The van der Waals surface area contributed by atoms with Gasteiger partial charge in [0, 0.05) is 39.9 Å². The number of likely N-dealkylation sites (N-methyl/N-ethyl adjacent to an activating group) is 1. The van der Waals surface area contributed by atoms with Gasteiger partial charge in [-0.25, -0.2) is 0 Å². The first kappa shape index (κ1) is 48.1. The fraction of sp³-hybridized carbons (Fsp3) is 0.829. The van der Waals surface area contributed by atoms with Crippen LogP contribution in [0.15, 0.2) is 24.3 Å². The van der Waals surface area contributed by atoms with Gasteiger partial charge in [-0.05, 0) is 66.0 Å². The maximum absolute atomic E-state index is 12.9. The molecule has 3 heterocycles. The molecule has 2 unspecified atom stereocenters. The van der Waals surface area contributed by atoms with Crippen LogP contribution < -0.4 is 0 Å². The number of nitrogens with zero attached hydrogens (tertiary/aromatic N) is 1. The van der Waals surface area contributed by atoms with Crippen LogP contribution >= 0.6 is 0 Å². The van der Waals surface area contributed by atoms with E-state index in [1.54, 1.807) is 65.1 Å². The number of allylic oxidation sites excluding steroid dienone is 2. The van der Waals surface area contributed by atoms with Crippen LogP contribution in [0.5, 0.6) is 0 Å². The first-order valence-corrected chi connectivity index (χ1v) is 19.9. The zero-order valence-corrected chi connectivity index (χ0v) is 35.1. The molecule has 3 aliphatic heterocycles. The molecule has 15 heteroatoms. The number of carbonyl (C=O) groups is 3. The normalized spacial score (nSPS) is 41.9. The van der Waals surface area contributed by atoms with E-state index in [1.165, 1.54) is 7.11 Å². The third-order valence-corrected chi connectivity index (χ3v) is 11.1. The summed E-state index contributed by atoms with van der Waals surface area (Å²) in [5, 5.41) is 34.5. The van der Waals surface area contributed by atoms with E-state index in [1.807, 2.05) is 33.8 Å². The fourth-order valence-electron chi connectivity index (χ4n) is 7.96.